The third kappa shape index (κ3) is 3.44. The molecule has 6 heteroatoms. The largest absolute Gasteiger partial charge is 0.496 e. The van der Waals surface area contributed by atoms with Crippen molar-refractivity contribution in [1.29, 1.82) is 0 Å². The SMILES string of the molecule is COc1ccccc1[C@H](C)N(C)C(=O)c1ccc(-c2nc(C)no2)cc1. The molecular weight excluding hydrogens is 330 g/mol. The Morgan fingerprint density at radius 2 is 1.85 bits per heavy atom. The number of nitrogens with zero attached hydrogens (tertiary/aromatic N) is 3. The van der Waals surface area contributed by atoms with Crippen molar-refractivity contribution in [3.05, 3.63) is 65.5 Å². The van der Waals surface area contributed by atoms with Crippen molar-refractivity contribution >= 4 is 5.91 Å². The van der Waals surface area contributed by atoms with Crippen LogP contribution >= 0.6 is 0 Å². The number of aromatic nitrogens is 2. The van der Waals surface area contributed by atoms with Gasteiger partial charge in [0.2, 0.25) is 0 Å². The molecular formula is C20H21N3O3. The number of carbonyl (C=O) groups is 1. The fourth-order valence-corrected chi connectivity index (χ4v) is 2.77. The van der Waals surface area contributed by atoms with Crippen LogP contribution in [0.5, 0.6) is 5.75 Å². The molecule has 0 aliphatic heterocycles. The Hall–Kier alpha value is -3.15. The van der Waals surface area contributed by atoms with Crippen molar-refractivity contribution in [3.8, 4) is 17.2 Å². The summed E-state index contributed by atoms with van der Waals surface area (Å²) in [5, 5.41) is 3.78. The second-order valence-electron chi connectivity index (χ2n) is 6.06. The molecule has 0 N–H and O–H groups in total. The average Bonchev–Trinajstić information content (AvgIpc) is 3.12. The number of para-hydroxylation sites is 1. The number of aryl methyl sites for hydroxylation is 1. The molecule has 134 valence electrons. The third-order valence-electron chi connectivity index (χ3n) is 4.40. The van der Waals surface area contributed by atoms with Gasteiger partial charge in [-0.25, -0.2) is 0 Å². The monoisotopic (exact) mass is 351 g/mol. The Labute approximate surface area is 152 Å². The van der Waals surface area contributed by atoms with Gasteiger partial charge in [0, 0.05) is 23.7 Å². The van der Waals surface area contributed by atoms with Crippen LogP contribution in [0.4, 0.5) is 0 Å². The molecule has 0 unspecified atom stereocenters. The van der Waals surface area contributed by atoms with E-state index in [1.54, 1.807) is 38.1 Å². The predicted octanol–water partition coefficient (Wildman–Crippen LogP) is 3.89. The van der Waals surface area contributed by atoms with Gasteiger partial charge in [-0.2, -0.15) is 4.98 Å². The van der Waals surface area contributed by atoms with E-state index in [-0.39, 0.29) is 11.9 Å². The zero-order valence-corrected chi connectivity index (χ0v) is 15.3. The van der Waals surface area contributed by atoms with Gasteiger partial charge in [-0.3, -0.25) is 4.79 Å². The molecule has 1 heterocycles. The van der Waals surface area contributed by atoms with Crippen LogP contribution in [-0.2, 0) is 0 Å². The van der Waals surface area contributed by atoms with E-state index in [0.29, 0.717) is 17.3 Å². The summed E-state index contributed by atoms with van der Waals surface area (Å²) in [4.78, 5) is 18.7. The van der Waals surface area contributed by atoms with E-state index in [0.717, 1.165) is 16.9 Å². The smallest absolute Gasteiger partial charge is 0.257 e. The lowest BCUT2D eigenvalue weighted by Gasteiger charge is -2.26. The van der Waals surface area contributed by atoms with E-state index in [4.69, 9.17) is 9.26 Å². The summed E-state index contributed by atoms with van der Waals surface area (Å²) in [6.07, 6.45) is 0. The van der Waals surface area contributed by atoms with Crippen molar-refractivity contribution < 1.29 is 14.1 Å². The number of methoxy groups -OCH3 is 1. The van der Waals surface area contributed by atoms with Gasteiger partial charge >= 0.3 is 0 Å². The zero-order chi connectivity index (χ0) is 18.7. The highest BCUT2D eigenvalue weighted by Crippen LogP contribution is 2.29. The van der Waals surface area contributed by atoms with Gasteiger partial charge in [0.05, 0.1) is 13.2 Å². The molecule has 6 nitrogen and oxygen atoms in total. The van der Waals surface area contributed by atoms with Gasteiger partial charge in [-0.1, -0.05) is 23.4 Å². The van der Waals surface area contributed by atoms with E-state index < -0.39 is 0 Å². The van der Waals surface area contributed by atoms with Crippen molar-refractivity contribution in [1.82, 2.24) is 15.0 Å². The summed E-state index contributed by atoms with van der Waals surface area (Å²) < 4.78 is 10.6. The lowest BCUT2D eigenvalue weighted by molar-refractivity contribution is 0.0741. The summed E-state index contributed by atoms with van der Waals surface area (Å²) in [5.41, 5.74) is 2.33. The molecule has 0 radical (unpaired) electrons. The van der Waals surface area contributed by atoms with Crippen molar-refractivity contribution in [3.63, 3.8) is 0 Å². The Kier molecular flexibility index (Phi) is 5.02. The minimum atomic E-state index is -0.128. The summed E-state index contributed by atoms with van der Waals surface area (Å²) in [5.74, 6) is 1.71. The van der Waals surface area contributed by atoms with Crippen molar-refractivity contribution in [2.75, 3.05) is 14.2 Å². The second-order valence-corrected chi connectivity index (χ2v) is 6.06. The summed E-state index contributed by atoms with van der Waals surface area (Å²) in [7, 11) is 3.42. The van der Waals surface area contributed by atoms with Crippen LogP contribution in [0.15, 0.2) is 53.1 Å². The van der Waals surface area contributed by atoms with E-state index in [1.807, 2.05) is 43.3 Å². The number of benzene rings is 2. The Morgan fingerprint density at radius 3 is 2.46 bits per heavy atom. The van der Waals surface area contributed by atoms with Crippen LogP contribution in [0.25, 0.3) is 11.5 Å². The number of carbonyl (C=O) groups excluding carboxylic acids is 1. The Morgan fingerprint density at radius 1 is 1.15 bits per heavy atom. The molecule has 2 aromatic carbocycles. The average molecular weight is 351 g/mol. The van der Waals surface area contributed by atoms with Crippen molar-refractivity contribution in [2.45, 2.75) is 19.9 Å². The predicted molar refractivity (Wildman–Crippen MR) is 98.0 cm³/mol. The fraction of sp³-hybridized carbons (Fsp3) is 0.250. The van der Waals surface area contributed by atoms with Crippen LogP contribution < -0.4 is 4.74 Å². The minimum Gasteiger partial charge on any atom is -0.496 e. The van der Waals surface area contributed by atoms with Gasteiger partial charge < -0.3 is 14.2 Å². The molecule has 0 saturated heterocycles. The molecule has 1 amide bonds. The number of rotatable bonds is 5. The van der Waals surface area contributed by atoms with E-state index in [9.17, 15) is 4.79 Å². The first-order valence-electron chi connectivity index (χ1n) is 8.32. The summed E-state index contributed by atoms with van der Waals surface area (Å²) in [6, 6.07) is 14.7. The highest BCUT2D eigenvalue weighted by Gasteiger charge is 2.21. The lowest BCUT2D eigenvalue weighted by Crippen LogP contribution is -2.29. The highest BCUT2D eigenvalue weighted by atomic mass is 16.5. The quantitative estimate of drug-likeness (QED) is 0.697. The first-order chi connectivity index (χ1) is 12.5. The number of amides is 1. The van der Waals surface area contributed by atoms with Gasteiger partial charge in [0.25, 0.3) is 11.8 Å². The molecule has 1 atom stereocenters. The molecule has 0 aliphatic rings. The standard InChI is InChI=1S/C20H21N3O3/c1-13(17-7-5-6-8-18(17)25-4)23(3)20(24)16-11-9-15(10-12-16)19-21-14(2)22-26-19/h5-13H,1-4H3/t13-/m0/s1. The molecule has 0 spiro atoms. The van der Waals surface area contributed by atoms with E-state index >= 15 is 0 Å². The van der Waals surface area contributed by atoms with E-state index in [2.05, 4.69) is 10.1 Å². The van der Waals surface area contributed by atoms with Crippen LogP contribution in [0.2, 0.25) is 0 Å². The first-order valence-corrected chi connectivity index (χ1v) is 8.32. The first kappa shape index (κ1) is 17.7. The maximum atomic E-state index is 12.8. The Balaban J connectivity index is 1.79. The Bertz CT molecular complexity index is 903. The normalized spacial score (nSPS) is 11.8. The maximum Gasteiger partial charge on any atom is 0.257 e. The number of ether oxygens (including phenoxy) is 1. The third-order valence-corrected chi connectivity index (χ3v) is 4.40. The van der Waals surface area contributed by atoms with E-state index in [1.165, 1.54) is 0 Å². The topological polar surface area (TPSA) is 68.5 Å². The van der Waals surface area contributed by atoms with Crippen LogP contribution in [0, 0.1) is 6.92 Å². The van der Waals surface area contributed by atoms with Crippen LogP contribution in [0.1, 0.15) is 34.7 Å². The molecule has 0 aliphatic carbocycles. The minimum absolute atomic E-state index is 0.0725. The fourth-order valence-electron chi connectivity index (χ4n) is 2.77. The molecule has 0 bridgehead atoms. The molecule has 26 heavy (non-hydrogen) atoms. The van der Waals surface area contributed by atoms with Gasteiger partial charge in [-0.05, 0) is 44.2 Å². The van der Waals surface area contributed by atoms with Gasteiger partial charge in [0.1, 0.15) is 5.75 Å². The lowest BCUT2D eigenvalue weighted by atomic mass is 10.0. The highest BCUT2D eigenvalue weighted by molar-refractivity contribution is 5.94. The maximum absolute atomic E-state index is 12.8. The molecule has 3 rings (SSSR count). The van der Waals surface area contributed by atoms with Crippen LogP contribution in [-0.4, -0.2) is 35.1 Å². The van der Waals surface area contributed by atoms with Gasteiger partial charge in [-0.15, -0.1) is 0 Å². The van der Waals surface area contributed by atoms with Crippen molar-refractivity contribution in [2.24, 2.45) is 0 Å². The second kappa shape index (κ2) is 7.39. The number of hydrogen-bond donors (Lipinski definition) is 0. The molecule has 3 aromatic rings. The molecule has 0 fully saturated rings. The molecule has 0 saturated carbocycles. The summed E-state index contributed by atoms with van der Waals surface area (Å²) >= 11 is 0. The number of hydrogen-bond acceptors (Lipinski definition) is 5. The van der Waals surface area contributed by atoms with Crippen LogP contribution in [0.3, 0.4) is 0 Å². The molecule has 1 aromatic heterocycles. The zero-order valence-electron chi connectivity index (χ0n) is 15.3. The summed E-state index contributed by atoms with van der Waals surface area (Å²) in [6.45, 7) is 3.74. The van der Waals surface area contributed by atoms with Gasteiger partial charge in [0.15, 0.2) is 5.82 Å².